The van der Waals surface area contributed by atoms with Crippen LogP contribution in [0.15, 0.2) is 6.33 Å². The standard InChI is InChI=1S/C9H16N6O2/c16-6-5-13-1-3-14(4-2-13)9(17)7-15-8-10-11-12-15/h8,16H,1-7H2. The summed E-state index contributed by atoms with van der Waals surface area (Å²) in [6, 6.07) is 0. The molecule has 2 rings (SSSR count). The predicted octanol–water partition coefficient (Wildman–Crippen LogP) is -2.19. The highest BCUT2D eigenvalue weighted by atomic mass is 16.3. The lowest BCUT2D eigenvalue weighted by Crippen LogP contribution is -2.50. The second kappa shape index (κ2) is 5.69. The van der Waals surface area contributed by atoms with E-state index in [2.05, 4.69) is 20.4 Å². The summed E-state index contributed by atoms with van der Waals surface area (Å²) >= 11 is 0. The molecule has 0 spiro atoms. The van der Waals surface area contributed by atoms with Gasteiger partial charge in [-0.25, -0.2) is 4.68 Å². The molecular formula is C9H16N6O2. The lowest BCUT2D eigenvalue weighted by molar-refractivity contribution is -0.133. The van der Waals surface area contributed by atoms with Crippen molar-refractivity contribution in [3.05, 3.63) is 6.33 Å². The van der Waals surface area contributed by atoms with Crippen molar-refractivity contribution < 1.29 is 9.90 Å². The number of aromatic nitrogens is 4. The molecule has 0 aromatic carbocycles. The van der Waals surface area contributed by atoms with Gasteiger partial charge in [0.1, 0.15) is 12.9 Å². The highest BCUT2D eigenvalue weighted by molar-refractivity contribution is 5.75. The third-order valence-corrected chi connectivity index (χ3v) is 2.83. The van der Waals surface area contributed by atoms with Crippen LogP contribution in [0.5, 0.6) is 0 Å². The van der Waals surface area contributed by atoms with Crippen LogP contribution >= 0.6 is 0 Å². The van der Waals surface area contributed by atoms with E-state index in [1.54, 1.807) is 4.90 Å². The first kappa shape index (κ1) is 11.9. The van der Waals surface area contributed by atoms with Gasteiger partial charge in [-0.1, -0.05) is 0 Å². The van der Waals surface area contributed by atoms with Gasteiger partial charge in [-0.2, -0.15) is 0 Å². The summed E-state index contributed by atoms with van der Waals surface area (Å²) in [7, 11) is 0. The van der Waals surface area contributed by atoms with Crippen LogP contribution in [0, 0.1) is 0 Å². The highest BCUT2D eigenvalue weighted by Gasteiger charge is 2.20. The van der Waals surface area contributed by atoms with E-state index in [0.29, 0.717) is 19.6 Å². The smallest absolute Gasteiger partial charge is 0.244 e. The lowest BCUT2D eigenvalue weighted by atomic mass is 10.3. The van der Waals surface area contributed by atoms with Crippen LogP contribution in [0.4, 0.5) is 0 Å². The van der Waals surface area contributed by atoms with E-state index < -0.39 is 0 Å². The maximum Gasteiger partial charge on any atom is 0.244 e. The van der Waals surface area contributed by atoms with Crippen LogP contribution < -0.4 is 0 Å². The number of hydrogen-bond acceptors (Lipinski definition) is 6. The molecule has 94 valence electrons. The fourth-order valence-electron chi connectivity index (χ4n) is 1.85. The quantitative estimate of drug-likeness (QED) is 0.643. The zero-order chi connectivity index (χ0) is 12.1. The molecule has 8 nitrogen and oxygen atoms in total. The van der Waals surface area contributed by atoms with Crippen molar-refractivity contribution in [2.45, 2.75) is 6.54 Å². The molecule has 0 unspecified atom stereocenters. The Kier molecular flexibility index (Phi) is 3.99. The first-order valence-corrected chi connectivity index (χ1v) is 5.61. The molecule has 1 aromatic heterocycles. The molecule has 2 heterocycles. The second-order valence-corrected chi connectivity index (χ2v) is 3.95. The van der Waals surface area contributed by atoms with E-state index in [-0.39, 0.29) is 19.1 Å². The minimum Gasteiger partial charge on any atom is -0.395 e. The molecule has 1 N–H and O–H groups in total. The maximum absolute atomic E-state index is 11.9. The first-order chi connectivity index (χ1) is 8.29. The number of carbonyl (C=O) groups is 1. The molecule has 1 aliphatic heterocycles. The summed E-state index contributed by atoms with van der Waals surface area (Å²) in [5.74, 6) is 0.0287. The molecule has 1 saturated heterocycles. The first-order valence-electron chi connectivity index (χ1n) is 5.61. The minimum absolute atomic E-state index is 0.0287. The second-order valence-electron chi connectivity index (χ2n) is 3.95. The number of amides is 1. The van der Waals surface area contributed by atoms with E-state index >= 15 is 0 Å². The van der Waals surface area contributed by atoms with E-state index in [9.17, 15) is 4.79 Å². The van der Waals surface area contributed by atoms with Crippen molar-refractivity contribution in [3.8, 4) is 0 Å². The van der Waals surface area contributed by atoms with Crippen molar-refractivity contribution >= 4 is 5.91 Å². The van der Waals surface area contributed by atoms with Gasteiger partial charge in [-0.05, 0) is 10.4 Å². The third kappa shape index (κ3) is 3.21. The van der Waals surface area contributed by atoms with Gasteiger partial charge in [-0.3, -0.25) is 9.69 Å². The Bertz CT molecular complexity index is 346. The summed E-state index contributed by atoms with van der Waals surface area (Å²) in [4.78, 5) is 15.8. The Labute approximate surface area is 98.8 Å². The summed E-state index contributed by atoms with van der Waals surface area (Å²) in [6.07, 6.45) is 1.43. The number of tetrazole rings is 1. The number of aliphatic hydroxyl groups excluding tert-OH is 1. The van der Waals surface area contributed by atoms with Crippen molar-refractivity contribution in [2.24, 2.45) is 0 Å². The predicted molar refractivity (Wildman–Crippen MR) is 57.9 cm³/mol. The van der Waals surface area contributed by atoms with Gasteiger partial charge in [0.25, 0.3) is 0 Å². The molecule has 0 radical (unpaired) electrons. The fourth-order valence-corrected chi connectivity index (χ4v) is 1.85. The number of aliphatic hydroxyl groups is 1. The van der Waals surface area contributed by atoms with Gasteiger partial charge < -0.3 is 10.0 Å². The van der Waals surface area contributed by atoms with Crippen molar-refractivity contribution in [1.29, 1.82) is 0 Å². The van der Waals surface area contributed by atoms with Gasteiger partial charge >= 0.3 is 0 Å². The summed E-state index contributed by atoms with van der Waals surface area (Å²) in [6.45, 7) is 4.03. The van der Waals surface area contributed by atoms with Gasteiger partial charge in [0.05, 0.1) is 6.61 Å². The maximum atomic E-state index is 11.9. The molecule has 0 aliphatic carbocycles. The number of β-amino-alcohol motifs (C(OH)–C–C–N with tert-alkyl or cyclic N) is 1. The molecule has 1 aliphatic rings. The van der Waals surface area contributed by atoms with Crippen LogP contribution in [0.1, 0.15) is 0 Å². The van der Waals surface area contributed by atoms with Gasteiger partial charge in [0, 0.05) is 32.7 Å². The van der Waals surface area contributed by atoms with E-state index in [1.165, 1.54) is 11.0 Å². The third-order valence-electron chi connectivity index (χ3n) is 2.83. The molecular weight excluding hydrogens is 224 g/mol. The lowest BCUT2D eigenvalue weighted by Gasteiger charge is -2.34. The number of piperazine rings is 1. The van der Waals surface area contributed by atoms with Gasteiger partial charge in [0.15, 0.2) is 0 Å². The SMILES string of the molecule is O=C(Cn1cnnn1)N1CCN(CCO)CC1. The number of hydrogen-bond donors (Lipinski definition) is 1. The average Bonchev–Trinajstić information content (AvgIpc) is 2.83. The minimum atomic E-state index is 0.0287. The number of rotatable bonds is 4. The van der Waals surface area contributed by atoms with Crippen LogP contribution in [0.3, 0.4) is 0 Å². The molecule has 8 heteroatoms. The fraction of sp³-hybridized carbons (Fsp3) is 0.778. The zero-order valence-corrected chi connectivity index (χ0v) is 9.57. The monoisotopic (exact) mass is 240 g/mol. The van der Waals surface area contributed by atoms with Crippen LogP contribution in [0.25, 0.3) is 0 Å². The molecule has 1 amide bonds. The summed E-state index contributed by atoms with van der Waals surface area (Å²) in [5.41, 5.74) is 0. The van der Waals surface area contributed by atoms with E-state index in [4.69, 9.17) is 5.11 Å². The Morgan fingerprint density at radius 2 is 2.06 bits per heavy atom. The molecule has 0 saturated carbocycles. The van der Waals surface area contributed by atoms with Crippen LogP contribution in [-0.4, -0.2) is 80.4 Å². The Balaban J connectivity index is 1.78. The van der Waals surface area contributed by atoms with Crippen LogP contribution in [0.2, 0.25) is 0 Å². The van der Waals surface area contributed by atoms with E-state index in [1.807, 2.05) is 0 Å². The zero-order valence-electron chi connectivity index (χ0n) is 9.57. The van der Waals surface area contributed by atoms with Gasteiger partial charge in [-0.15, -0.1) is 5.10 Å². The van der Waals surface area contributed by atoms with Crippen molar-refractivity contribution in [1.82, 2.24) is 30.0 Å². The Hall–Kier alpha value is -1.54. The van der Waals surface area contributed by atoms with Crippen molar-refractivity contribution in [2.75, 3.05) is 39.3 Å². The molecule has 1 fully saturated rings. The topological polar surface area (TPSA) is 87.4 Å². The summed E-state index contributed by atoms with van der Waals surface area (Å²) in [5, 5.41) is 19.4. The molecule has 17 heavy (non-hydrogen) atoms. The largest absolute Gasteiger partial charge is 0.395 e. The average molecular weight is 240 g/mol. The highest BCUT2D eigenvalue weighted by Crippen LogP contribution is 2.02. The molecule has 0 atom stereocenters. The van der Waals surface area contributed by atoms with Crippen LogP contribution in [-0.2, 0) is 11.3 Å². The van der Waals surface area contributed by atoms with Crippen molar-refractivity contribution in [3.63, 3.8) is 0 Å². The number of carbonyl (C=O) groups excluding carboxylic acids is 1. The number of nitrogens with zero attached hydrogens (tertiary/aromatic N) is 6. The molecule has 0 bridgehead atoms. The molecule has 1 aromatic rings. The summed E-state index contributed by atoms with van der Waals surface area (Å²) < 4.78 is 1.42. The van der Waals surface area contributed by atoms with E-state index in [0.717, 1.165) is 13.1 Å². The Morgan fingerprint density at radius 1 is 1.29 bits per heavy atom. The van der Waals surface area contributed by atoms with Gasteiger partial charge in [0.2, 0.25) is 5.91 Å². The normalized spacial score (nSPS) is 17.4. The Morgan fingerprint density at radius 3 is 2.65 bits per heavy atom.